The van der Waals surface area contributed by atoms with E-state index in [1.807, 2.05) is 6.92 Å². The van der Waals surface area contributed by atoms with Crippen LogP contribution < -0.4 is 5.32 Å². The summed E-state index contributed by atoms with van der Waals surface area (Å²) in [6.45, 7) is 18.0. The van der Waals surface area contributed by atoms with Gasteiger partial charge in [-0.25, -0.2) is 4.79 Å². The van der Waals surface area contributed by atoms with Crippen molar-refractivity contribution in [1.29, 1.82) is 0 Å². The van der Waals surface area contributed by atoms with Gasteiger partial charge in [0.05, 0.1) is 24.4 Å². The topological polar surface area (TPSA) is 75.3 Å². The van der Waals surface area contributed by atoms with Gasteiger partial charge in [0.2, 0.25) is 0 Å². The molecule has 61 heavy (non-hydrogen) atoms. The van der Waals surface area contributed by atoms with Crippen molar-refractivity contribution in [2.75, 3.05) is 40.1 Å². The van der Waals surface area contributed by atoms with Crippen molar-refractivity contribution < 1.29 is 28.5 Å². The lowest BCUT2D eigenvalue weighted by molar-refractivity contribution is -0.0805. The van der Waals surface area contributed by atoms with Crippen LogP contribution in [0.5, 0.6) is 0 Å². The molecule has 1 N–H and O–H groups in total. The van der Waals surface area contributed by atoms with Crippen LogP contribution in [0.15, 0.2) is 0 Å². The highest BCUT2D eigenvalue weighted by Gasteiger charge is 2.27. The number of hydrogen-bond acceptors (Lipinski definition) is 6. The van der Waals surface area contributed by atoms with E-state index in [9.17, 15) is 4.79 Å². The quantitative estimate of drug-likeness (QED) is 0.0614. The molecule has 0 rings (SSSR count). The highest BCUT2D eigenvalue weighted by atomic mass is 16.6. The second-order valence-corrected chi connectivity index (χ2v) is 19.3. The van der Waals surface area contributed by atoms with Gasteiger partial charge in [-0.05, 0) is 59.3 Å². The summed E-state index contributed by atoms with van der Waals surface area (Å²) in [5, 5.41) is 2.98. The van der Waals surface area contributed by atoms with Crippen LogP contribution >= 0.6 is 0 Å². The zero-order chi connectivity index (χ0) is 45.0. The summed E-state index contributed by atoms with van der Waals surface area (Å²) in [5.41, 5.74) is -0.493. The summed E-state index contributed by atoms with van der Waals surface area (Å²) in [5.74, 6) is 0. The minimum absolute atomic E-state index is 0.174. The van der Waals surface area contributed by atoms with Gasteiger partial charge in [0.15, 0.2) is 0 Å². The van der Waals surface area contributed by atoms with Gasteiger partial charge in [-0.3, -0.25) is 0 Å². The fraction of sp³-hybridized carbons (Fsp3) is 0.981. The maximum absolute atomic E-state index is 12.9. The standard InChI is InChI=1S/C54H109NO6/c1-9-13-15-17-19-21-23-25-27-29-31-33-35-37-39-41-46-58-49-51(59-47-42-40-38-36-34-32-30-28-26-24-22-20-18-16-14-10-2)50(5)61-52(56)55-45-43-54(7,12-4)60-48-44-53(6,11-3)57-8/h50-51H,9-49H2,1-8H3,(H,55,56). The molecule has 0 bridgehead atoms. The van der Waals surface area contributed by atoms with E-state index in [1.165, 1.54) is 193 Å². The fourth-order valence-electron chi connectivity index (χ4n) is 8.16. The largest absolute Gasteiger partial charge is 0.444 e. The summed E-state index contributed by atoms with van der Waals surface area (Å²) in [6, 6.07) is 0. The Morgan fingerprint density at radius 2 is 0.869 bits per heavy atom. The first-order chi connectivity index (χ1) is 29.7. The summed E-state index contributed by atoms with van der Waals surface area (Å²) in [6.07, 6.45) is 45.7. The number of ether oxygens (including phenoxy) is 5. The molecule has 0 aromatic heterocycles. The van der Waals surface area contributed by atoms with Crippen LogP contribution in [0.4, 0.5) is 4.79 Å². The van der Waals surface area contributed by atoms with Gasteiger partial charge in [0.1, 0.15) is 12.2 Å². The molecular weight excluding hydrogens is 759 g/mol. The van der Waals surface area contributed by atoms with Crippen molar-refractivity contribution in [3.63, 3.8) is 0 Å². The van der Waals surface area contributed by atoms with E-state index in [4.69, 9.17) is 23.7 Å². The van der Waals surface area contributed by atoms with Crippen molar-refractivity contribution in [1.82, 2.24) is 5.32 Å². The molecular formula is C54H109NO6. The Bertz CT molecular complexity index is 899. The highest BCUT2D eigenvalue weighted by molar-refractivity contribution is 5.67. The first-order valence-corrected chi connectivity index (χ1v) is 27.0. The predicted octanol–water partition coefficient (Wildman–Crippen LogP) is 16.8. The van der Waals surface area contributed by atoms with E-state index in [0.717, 1.165) is 38.7 Å². The first-order valence-electron chi connectivity index (χ1n) is 27.0. The lowest BCUT2D eigenvalue weighted by Gasteiger charge is -2.32. The van der Waals surface area contributed by atoms with Crippen LogP contribution in [-0.4, -0.2) is 69.6 Å². The van der Waals surface area contributed by atoms with Crippen molar-refractivity contribution in [3.05, 3.63) is 0 Å². The van der Waals surface area contributed by atoms with Gasteiger partial charge in [0.25, 0.3) is 0 Å². The molecule has 0 aromatic carbocycles. The van der Waals surface area contributed by atoms with E-state index in [2.05, 4.69) is 46.9 Å². The fourth-order valence-corrected chi connectivity index (χ4v) is 8.16. The number of rotatable bonds is 49. The van der Waals surface area contributed by atoms with Gasteiger partial charge < -0.3 is 29.0 Å². The predicted molar refractivity (Wildman–Crippen MR) is 263 cm³/mol. The van der Waals surface area contributed by atoms with Crippen LogP contribution in [0.3, 0.4) is 0 Å². The maximum Gasteiger partial charge on any atom is 0.407 e. The molecule has 1 amide bonds. The average molecular weight is 868 g/mol. The number of carbonyl (C=O) groups is 1. The van der Waals surface area contributed by atoms with Crippen LogP contribution in [0.25, 0.3) is 0 Å². The SMILES string of the molecule is CCCCCCCCCCCCCCCCCCOCC(OCCCCCCCCCCCCCCCCCC)C(C)OC(=O)NCCC(C)(CC)OCCC(C)(CC)OC. The second-order valence-electron chi connectivity index (χ2n) is 19.3. The van der Waals surface area contributed by atoms with Crippen molar-refractivity contribution in [2.45, 2.75) is 303 Å². The molecule has 0 aliphatic rings. The number of nitrogens with one attached hydrogen (secondary N) is 1. The summed E-state index contributed by atoms with van der Waals surface area (Å²) < 4.78 is 30.4. The minimum atomic E-state index is -0.405. The third-order valence-electron chi connectivity index (χ3n) is 13.6. The van der Waals surface area contributed by atoms with Gasteiger partial charge in [-0.15, -0.1) is 0 Å². The Balaban J connectivity index is 4.47. The molecule has 0 radical (unpaired) electrons. The van der Waals surface area contributed by atoms with Crippen LogP contribution in [0, 0.1) is 0 Å². The Morgan fingerprint density at radius 3 is 1.25 bits per heavy atom. The van der Waals surface area contributed by atoms with Crippen molar-refractivity contribution in [3.8, 4) is 0 Å². The number of hydrogen-bond donors (Lipinski definition) is 1. The van der Waals surface area contributed by atoms with Gasteiger partial charge in [-0.2, -0.15) is 0 Å². The van der Waals surface area contributed by atoms with Crippen molar-refractivity contribution in [2.24, 2.45) is 0 Å². The molecule has 366 valence electrons. The second kappa shape index (κ2) is 44.3. The molecule has 0 aliphatic carbocycles. The highest BCUT2D eigenvalue weighted by Crippen LogP contribution is 2.24. The van der Waals surface area contributed by atoms with Gasteiger partial charge in [0, 0.05) is 26.9 Å². The normalized spacial score (nSPS) is 14.8. The number of amides is 1. The summed E-state index contributed by atoms with van der Waals surface area (Å²) in [7, 11) is 1.77. The number of carbonyl (C=O) groups excluding carboxylic acids is 1. The Kier molecular flexibility index (Phi) is 43.7. The molecule has 7 nitrogen and oxygen atoms in total. The molecule has 0 saturated heterocycles. The minimum Gasteiger partial charge on any atom is -0.444 e. The number of methoxy groups -OCH3 is 1. The third-order valence-corrected chi connectivity index (χ3v) is 13.6. The van der Waals surface area contributed by atoms with E-state index in [-0.39, 0.29) is 17.3 Å². The van der Waals surface area contributed by atoms with Gasteiger partial charge >= 0.3 is 6.09 Å². The Morgan fingerprint density at radius 1 is 0.492 bits per heavy atom. The van der Waals surface area contributed by atoms with Crippen LogP contribution in [-0.2, 0) is 23.7 Å². The monoisotopic (exact) mass is 868 g/mol. The summed E-state index contributed by atoms with van der Waals surface area (Å²) in [4.78, 5) is 12.9. The van der Waals surface area contributed by atoms with E-state index >= 15 is 0 Å². The molecule has 4 atom stereocenters. The Labute approximate surface area is 381 Å². The average Bonchev–Trinajstić information content (AvgIpc) is 3.26. The zero-order valence-electron chi connectivity index (χ0n) is 42.6. The Hall–Kier alpha value is -0.890. The van der Waals surface area contributed by atoms with E-state index < -0.39 is 12.2 Å². The lowest BCUT2D eigenvalue weighted by atomic mass is 9.97. The van der Waals surface area contributed by atoms with Crippen LogP contribution in [0.1, 0.15) is 280 Å². The molecule has 7 heteroatoms. The summed E-state index contributed by atoms with van der Waals surface area (Å²) >= 11 is 0. The van der Waals surface area contributed by atoms with E-state index in [0.29, 0.717) is 32.8 Å². The van der Waals surface area contributed by atoms with Crippen molar-refractivity contribution >= 4 is 6.09 Å². The molecule has 4 unspecified atom stereocenters. The molecule has 0 heterocycles. The molecule has 0 aromatic rings. The van der Waals surface area contributed by atoms with E-state index in [1.54, 1.807) is 7.11 Å². The van der Waals surface area contributed by atoms with Gasteiger partial charge in [-0.1, -0.05) is 220 Å². The number of alkyl carbamates (subject to hydrolysis) is 1. The van der Waals surface area contributed by atoms with Crippen LogP contribution in [0.2, 0.25) is 0 Å². The molecule has 0 aliphatic heterocycles. The molecule has 0 saturated carbocycles. The maximum atomic E-state index is 12.9. The number of unbranched alkanes of at least 4 members (excludes halogenated alkanes) is 30. The first kappa shape index (κ1) is 60.1. The smallest absolute Gasteiger partial charge is 0.407 e. The molecule has 0 fully saturated rings. The third kappa shape index (κ3) is 39.2. The zero-order valence-corrected chi connectivity index (χ0v) is 42.6. The molecule has 0 spiro atoms. The lowest BCUT2D eigenvalue weighted by Crippen LogP contribution is -2.40.